The SMILES string of the molecule is Cc1cccc(CO)c1OCc1nccs1. The van der Waals surface area contributed by atoms with Crippen LogP contribution in [-0.4, -0.2) is 10.1 Å². The van der Waals surface area contributed by atoms with Crippen LogP contribution in [0.25, 0.3) is 0 Å². The molecule has 0 aliphatic rings. The minimum absolute atomic E-state index is 0.00508. The Hall–Kier alpha value is -1.39. The summed E-state index contributed by atoms with van der Waals surface area (Å²) in [7, 11) is 0. The number of rotatable bonds is 4. The Morgan fingerprint density at radius 2 is 2.31 bits per heavy atom. The summed E-state index contributed by atoms with van der Waals surface area (Å²) in [5.74, 6) is 0.764. The van der Waals surface area contributed by atoms with Gasteiger partial charge in [-0.1, -0.05) is 18.2 Å². The Balaban J connectivity index is 2.14. The lowest BCUT2D eigenvalue weighted by Crippen LogP contribution is -2.00. The highest BCUT2D eigenvalue weighted by Crippen LogP contribution is 2.24. The van der Waals surface area contributed by atoms with Crippen LogP contribution in [-0.2, 0) is 13.2 Å². The molecule has 0 saturated heterocycles. The summed E-state index contributed by atoms with van der Waals surface area (Å²) in [6.45, 7) is 2.42. The number of aliphatic hydroxyl groups excluding tert-OH is 1. The van der Waals surface area contributed by atoms with Gasteiger partial charge in [0, 0.05) is 17.1 Å². The minimum Gasteiger partial charge on any atom is -0.486 e. The first-order chi connectivity index (χ1) is 7.81. The Bertz CT molecular complexity index is 454. The van der Waals surface area contributed by atoms with Gasteiger partial charge in [-0.15, -0.1) is 11.3 Å². The lowest BCUT2D eigenvalue weighted by molar-refractivity contribution is 0.258. The van der Waals surface area contributed by atoms with E-state index in [1.165, 1.54) is 0 Å². The third-order valence-corrected chi connectivity index (χ3v) is 3.04. The zero-order valence-electron chi connectivity index (χ0n) is 9.01. The molecule has 0 aliphatic heterocycles. The summed E-state index contributed by atoms with van der Waals surface area (Å²) in [6.07, 6.45) is 1.76. The largest absolute Gasteiger partial charge is 0.486 e. The highest BCUT2D eigenvalue weighted by molar-refractivity contribution is 7.09. The predicted octanol–water partition coefficient (Wildman–Crippen LogP) is 2.52. The maximum absolute atomic E-state index is 9.21. The number of aryl methyl sites for hydroxylation is 1. The topological polar surface area (TPSA) is 42.4 Å². The number of ether oxygens (including phenoxy) is 1. The first-order valence-electron chi connectivity index (χ1n) is 5.02. The van der Waals surface area contributed by atoms with Gasteiger partial charge in [0.25, 0.3) is 0 Å². The van der Waals surface area contributed by atoms with Crippen molar-refractivity contribution in [1.82, 2.24) is 4.98 Å². The number of hydrogen-bond acceptors (Lipinski definition) is 4. The summed E-state index contributed by atoms with van der Waals surface area (Å²) >= 11 is 1.56. The Morgan fingerprint density at radius 1 is 1.44 bits per heavy atom. The molecule has 2 rings (SSSR count). The Kier molecular flexibility index (Phi) is 3.54. The van der Waals surface area contributed by atoms with E-state index in [0.717, 1.165) is 21.9 Å². The van der Waals surface area contributed by atoms with Crippen LogP contribution >= 0.6 is 11.3 Å². The molecular weight excluding hydrogens is 222 g/mol. The summed E-state index contributed by atoms with van der Waals surface area (Å²) in [6, 6.07) is 5.75. The molecule has 0 atom stereocenters. The molecule has 3 nitrogen and oxygen atoms in total. The number of benzene rings is 1. The van der Waals surface area contributed by atoms with Gasteiger partial charge in [-0.2, -0.15) is 0 Å². The van der Waals surface area contributed by atoms with Crippen molar-refractivity contribution in [3.8, 4) is 5.75 Å². The second-order valence-corrected chi connectivity index (χ2v) is 4.41. The van der Waals surface area contributed by atoms with Gasteiger partial charge < -0.3 is 9.84 Å². The van der Waals surface area contributed by atoms with E-state index in [1.807, 2.05) is 30.5 Å². The number of hydrogen-bond donors (Lipinski definition) is 1. The molecule has 1 aromatic carbocycles. The lowest BCUT2D eigenvalue weighted by Gasteiger charge is -2.11. The molecule has 0 unspecified atom stereocenters. The van der Waals surface area contributed by atoms with Gasteiger partial charge in [0.05, 0.1) is 6.61 Å². The quantitative estimate of drug-likeness (QED) is 0.885. The molecule has 84 valence electrons. The average Bonchev–Trinajstić information content (AvgIpc) is 2.80. The van der Waals surface area contributed by atoms with Crippen LogP contribution in [0.3, 0.4) is 0 Å². The molecule has 1 aromatic heterocycles. The molecular formula is C12H13NO2S. The monoisotopic (exact) mass is 235 g/mol. The molecule has 4 heteroatoms. The summed E-state index contributed by atoms with van der Waals surface area (Å²) in [5.41, 5.74) is 1.85. The second-order valence-electron chi connectivity index (χ2n) is 3.44. The maximum Gasteiger partial charge on any atom is 0.140 e. The van der Waals surface area contributed by atoms with Crippen LogP contribution in [0.15, 0.2) is 29.8 Å². The van der Waals surface area contributed by atoms with E-state index in [0.29, 0.717) is 6.61 Å². The molecule has 1 N–H and O–H groups in total. The van der Waals surface area contributed by atoms with Crippen LogP contribution in [0.4, 0.5) is 0 Å². The third-order valence-electron chi connectivity index (χ3n) is 2.29. The number of para-hydroxylation sites is 1. The van der Waals surface area contributed by atoms with E-state index in [9.17, 15) is 5.11 Å². The second kappa shape index (κ2) is 5.09. The maximum atomic E-state index is 9.21. The van der Waals surface area contributed by atoms with Crippen LogP contribution in [0.1, 0.15) is 16.1 Å². The van der Waals surface area contributed by atoms with Crippen molar-refractivity contribution in [2.75, 3.05) is 0 Å². The van der Waals surface area contributed by atoms with E-state index < -0.39 is 0 Å². The van der Waals surface area contributed by atoms with Crippen molar-refractivity contribution < 1.29 is 9.84 Å². The van der Waals surface area contributed by atoms with E-state index in [-0.39, 0.29) is 6.61 Å². The molecule has 2 aromatic rings. The molecule has 0 saturated carbocycles. The van der Waals surface area contributed by atoms with Crippen molar-refractivity contribution in [3.05, 3.63) is 45.9 Å². The fraction of sp³-hybridized carbons (Fsp3) is 0.250. The van der Waals surface area contributed by atoms with Crippen molar-refractivity contribution in [2.45, 2.75) is 20.1 Å². The van der Waals surface area contributed by atoms with Gasteiger partial charge in [-0.3, -0.25) is 0 Å². The third kappa shape index (κ3) is 2.40. The number of aromatic nitrogens is 1. The molecule has 0 bridgehead atoms. The molecule has 16 heavy (non-hydrogen) atoms. The van der Waals surface area contributed by atoms with Gasteiger partial charge >= 0.3 is 0 Å². The Morgan fingerprint density at radius 3 is 3.00 bits per heavy atom. The summed E-state index contributed by atoms with van der Waals surface area (Å²) < 4.78 is 5.69. The molecule has 0 fully saturated rings. The van der Waals surface area contributed by atoms with Crippen molar-refractivity contribution >= 4 is 11.3 Å². The molecule has 0 radical (unpaired) electrons. The molecule has 0 amide bonds. The first-order valence-corrected chi connectivity index (χ1v) is 5.89. The van der Waals surface area contributed by atoms with E-state index in [4.69, 9.17) is 4.74 Å². The normalized spacial score (nSPS) is 10.4. The molecule has 0 spiro atoms. The van der Waals surface area contributed by atoms with Crippen LogP contribution in [0.2, 0.25) is 0 Å². The van der Waals surface area contributed by atoms with Gasteiger partial charge in [0.15, 0.2) is 0 Å². The zero-order valence-corrected chi connectivity index (χ0v) is 9.83. The average molecular weight is 235 g/mol. The van der Waals surface area contributed by atoms with Crippen molar-refractivity contribution in [3.63, 3.8) is 0 Å². The van der Waals surface area contributed by atoms with E-state index in [1.54, 1.807) is 17.5 Å². The van der Waals surface area contributed by atoms with Crippen molar-refractivity contribution in [1.29, 1.82) is 0 Å². The fourth-order valence-corrected chi connectivity index (χ4v) is 2.03. The van der Waals surface area contributed by atoms with E-state index >= 15 is 0 Å². The van der Waals surface area contributed by atoms with E-state index in [2.05, 4.69) is 4.98 Å². The zero-order chi connectivity index (χ0) is 11.4. The Labute approximate surface area is 98.4 Å². The minimum atomic E-state index is -0.00508. The van der Waals surface area contributed by atoms with Crippen molar-refractivity contribution in [2.24, 2.45) is 0 Å². The number of nitrogens with zero attached hydrogens (tertiary/aromatic N) is 1. The highest BCUT2D eigenvalue weighted by atomic mass is 32.1. The first kappa shape index (κ1) is 11.1. The highest BCUT2D eigenvalue weighted by Gasteiger charge is 2.06. The van der Waals surface area contributed by atoms with Gasteiger partial charge in [0.2, 0.25) is 0 Å². The number of aliphatic hydroxyl groups is 1. The van der Waals surface area contributed by atoms with Crippen LogP contribution < -0.4 is 4.74 Å². The fourth-order valence-electron chi connectivity index (χ4n) is 1.50. The lowest BCUT2D eigenvalue weighted by atomic mass is 10.1. The molecule has 1 heterocycles. The standard InChI is InChI=1S/C12H13NO2S/c1-9-3-2-4-10(7-14)12(9)15-8-11-13-5-6-16-11/h2-6,14H,7-8H2,1H3. The summed E-state index contributed by atoms with van der Waals surface area (Å²) in [5, 5.41) is 12.1. The number of thiazole rings is 1. The van der Waals surface area contributed by atoms with Gasteiger partial charge in [0.1, 0.15) is 17.4 Å². The molecule has 0 aliphatic carbocycles. The smallest absolute Gasteiger partial charge is 0.140 e. The van der Waals surface area contributed by atoms with Gasteiger partial charge in [-0.25, -0.2) is 4.98 Å². The van der Waals surface area contributed by atoms with Crippen LogP contribution in [0, 0.1) is 6.92 Å². The predicted molar refractivity (Wildman–Crippen MR) is 63.5 cm³/mol. The van der Waals surface area contributed by atoms with Gasteiger partial charge in [-0.05, 0) is 12.5 Å². The van der Waals surface area contributed by atoms with Crippen LogP contribution in [0.5, 0.6) is 5.75 Å². The summed E-state index contributed by atoms with van der Waals surface area (Å²) in [4.78, 5) is 4.15.